The monoisotopic (exact) mass is 461 g/mol. The van der Waals surface area contributed by atoms with Crippen LogP contribution in [0.15, 0.2) is 65.8 Å². The maximum absolute atomic E-state index is 13.2. The summed E-state index contributed by atoms with van der Waals surface area (Å²) in [6.07, 6.45) is 1.69. The summed E-state index contributed by atoms with van der Waals surface area (Å²) in [6.45, 7) is 6.20. The third-order valence-corrected chi connectivity index (χ3v) is 6.70. The van der Waals surface area contributed by atoms with Crippen LogP contribution in [0.5, 0.6) is 0 Å². The molecule has 0 bridgehead atoms. The number of carbonyl (C=O) groups is 1. The molecule has 0 saturated carbocycles. The fourth-order valence-corrected chi connectivity index (χ4v) is 4.68. The summed E-state index contributed by atoms with van der Waals surface area (Å²) < 4.78 is 0. The van der Waals surface area contributed by atoms with E-state index in [2.05, 4.69) is 42.6 Å². The molecule has 2 aromatic heterocycles. The topological polar surface area (TPSA) is 54.4 Å². The van der Waals surface area contributed by atoms with Crippen molar-refractivity contribution in [3.8, 4) is 11.3 Å². The Morgan fingerprint density at radius 3 is 2.53 bits per heavy atom. The van der Waals surface area contributed by atoms with E-state index in [0.29, 0.717) is 27.2 Å². The van der Waals surface area contributed by atoms with Crippen LogP contribution in [0.3, 0.4) is 0 Å². The first-order valence-electron chi connectivity index (χ1n) is 10.6. The van der Waals surface area contributed by atoms with Crippen LogP contribution in [0, 0.1) is 6.92 Å². The quantitative estimate of drug-likeness (QED) is 0.247. The Labute approximate surface area is 197 Å². The van der Waals surface area contributed by atoms with Crippen molar-refractivity contribution in [1.29, 1.82) is 0 Å². The highest BCUT2D eigenvalue weighted by molar-refractivity contribution is 7.14. The number of carbonyl (C=O) groups excluding carboxylic acids is 1. The van der Waals surface area contributed by atoms with Gasteiger partial charge in [-0.3, -0.25) is 4.79 Å². The number of nitrogens with zero attached hydrogens (tertiary/aromatic N) is 2. The molecule has 4 nitrogen and oxygen atoms in total. The fourth-order valence-electron chi connectivity index (χ4n) is 3.54. The Morgan fingerprint density at radius 2 is 1.88 bits per heavy atom. The SMILES string of the molecule is CC/C(=N/NC(=O)c1cc(-c2ccc(CC)cc2)nc2c(Cl)cccc12)c1ccc(C)s1. The maximum Gasteiger partial charge on any atom is 0.272 e. The Bertz CT molecular complexity index is 1310. The molecule has 6 heteroatoms. The Balaban J connectivity index is 1.75. The van der Waals surface area contributed by atoms with Gasteiger partial charge in [-0.2, -0.15) is 5.10 Å². The maximum atomic E-state index is 13.2. The summed E-state index contributed by atoms with van der Waals surface area (Å²) >= 11 is 8.12. The highest BCUT2D eigenvalue weighted by atomic mass is 35.5. The van der Waals surface area contributed by atoms with Crippen LogP contribution in [0.2, 0.25) is 5.02 Å². The van der Waals surface area contributed by atoms with Gasteiger partial charge < -0.3 is 0 Å². The molecule has 4 rings (SSSR count). The van der Waals surface area contributed by atoms with Crippen molar-refractivity contribution in [1.82, 2.24) is 10.4 Å². The number of nitrogens with one attached hydrogen (secondary N) is 1. The molecule has 0 saturated heterocycles. The van der Waals surface area contributed by atoms with Crippen LogP contribution in [0.4, 0.5) is 0 Å². The number of hydrazone groups is 1. The lowest BCUT2D eigenvalue weighted by Crippen LogP contribution is -2.20. The zero-order valence-electron chi connectivity index (χ0n) is 18.3. The van der Waals surface area contributed by atoms with Crippen molar-refractivity contribution >= 4 is 45.5 Å². The smallest absolute Gasteiger partial charge is 0.267 e. The van der Waals surface area contributed by atoms with Crippen LogP contribution in [0.1, 0.15) is 45.9 Å². The molecule has 0 radical (unpaired) electrons. The summed E-state index contributed by atoms with van der Waals surface area (Å²) in [7, 11) is 0. The second kappa shape index (κ2) is 9.63. The number of benzene rings is 2. The lowest BCUT2D eigenvalue weighted by molar-refractivity contribution is 0.0956. The number of pyridine rings is 1. The molecule has 0 atom stereocenters. The summed E-state index contributed by atoms with van der Waals surface area (Å²) in [6, 6.07) is 19.6. The molecule has 1 amide bonds. The van der Waals surface area contributed by atoms with Crippen LogP contribution in [-0.4, -0.2) is 16.6 Å². The predicted octanol–water partition coefficient (Wildman–Crippen LogP) is 7.03. The van der Waals surface area contributed by atoms with Crippen molar-refractivity contribution in [3.63, 3.8) is 0 Å². The predicted molar refractivity (Wildman–Crippen MR) is 135 cm³/mol. The van der Waals surface area contributed by atoms with Crippen molar-refractivity contribution in [2.45, 2.75) is 33.6 Å². The molecule has 2 heterocycles. The second-order valence-corrected chi connectivity index (χ2v) is 9.20. The highest BCUT2D eigenvalue weighted by Gasteiger charge is 2.16. The number of fused-ring (bicyclic) bond motifs is 1. The molecule has 0 aliphatic rings. The van der Waals surface area contributed by atoms with Gasteiger partial charge in [-0.25, -0.2) is 10.4 Å². The zero-order chi connectivity index (χ0) is 22.7. The third kappa shape index (κ3) is 4.59. The van der Waals surface area contributed by atoms with E-state index in [1.807, 2.05) is 43.3 Å². The summed E-state index contributed by atoms with van der Waals surface area (Å²) in [5.41, 5.74) is 7.58. The van der Waals surface area contributed by atoms with Gasteiger partial charge >= 0.3 is 0 Å². The molecule has 0 spiro atoms. The minimum absolute atomic E-state index is 0.287. The molecular formula is C26H24ClN3OS. The van der Waals surface area contributed by atoms with E-state index in [0.717, 1.165) is 29.0 Å². The Morgan fingerprint density at radius 1 is 1.09 bits per heavy atom. The number of aromatic nitrogens is 1. The van der Waals surface area contributed by atoms with Gasteiger partial charge in [0.05, 0.1) is 32.4 Å². The number of hydrogen-bond donors (Lipinski definition) is 1. The Hall–Kier alpha value is -3.02. The summed E-state index contributed by atoms with van der Waals surface area (Å²) in [5.74, 6) is -0.287. The first kappa shape index (κ1) is 22.2. The average molecular weight is 462 g/mol. The number of amides is 1. The van der Waals surface area contributed by atoms with Crippen LogP contribution in [0.25, 0.3) is 22.2 Å². The van der Waals surface area contributed by atoms with E-state index in [1.54, 1.807) is 17.4 Å². The highest BCUT2D eigenvalue weighted by Crippen LogP contribution is 2.29. The van der Waals surface area contributed by atoms with E-state index < -0.39 is 0 Å². The largest absolute Gasteiger partial charge is 0.272 e. The number of halogens is 1. The van der Waals surface area contributed by atoms with E-state index >= 15 is 0 Å². The van der Waals surface area contributed by atoms with Crippen molar-refractivity contribution in [3.05, 3.63) is 86.6 Å². The van der Waals surface area contributed by atoms with Crippen molar-refractivity contribution in [2.75, 3.05) is 0 Å². The minimum atomic E-state index is -0.287. The zero-order valence-corrected chi connectivity index (χ0v) is 19.8. The molecule has 0 aliphatic heterocycles. The third-order valence-electron chi connectivity index (χ3n) is 5.34. The van der Waals surface area contributed by atoms with Crippen LogP contribution in [-0.2, 0) is 6.42 Å². The number of thiophene rings is 1. The average Bonchev–Trinajstić information content (AvgIpc) is 3.25. The number of hydrogen-bond acceptors (Lipinski definition) is 4. The number of aryl methyl sites for hydroxylation is 2. The molecule has 32 heavy (non-hydrogen) atoms. The molecule has 0 unspecified atom stereocenters. The lowest BCUT2D eigenvalue weighted by atomic mass is 10.0. The minimum Gasteiger partial charge on any atom is -0.267 e. The molecule has 0 fully saturated rings. The van der Waals surface area contributed by atoms with Gasteiger partial charge in [-0.1, -0.05) is 61.8 Å². The molecule has 1 N–H and O–H groups in total. The molecule has 0 aliphatic carbocycles. The van der Waals surface area contributed by atoms with Gasteiger partial charge in [-0.15, -0.1) is 11.3 Å². The fraction of sp³-hybridized carbons (Fsp3) is 0.192. The summed E-state index contributed by atoms with van der Waals surface area (Å²) in [5, 5.41) is 5.64. The van der Waals surface area contributed by atoms with E-state index in [9.17, 15) is 4.79 Å². The van der Waals surface area contributed by atoms with Crippen molar-refractivity contribution < 1.29 is 4.79 Å². The van der Waals surface area contributed by atoms with E-state index in [-0.39, 0.29) is 5.91 Å². The standard InChI is InChI=1S/C26H24ClN3OS/c1-4-17-10-12-18(13-11-17)23-15-20(19-7-6-8-21(27)25(19)28-23)26(31)30-29-22(5-2)24-14-9-16(3)32-24/h6-15H,4-5H2,1-3H3,(H,30,31)/b29-22-. The Kier molecular flexibility index (Phi) is 6.68. The molecule has 162 valence electrons. The first-order valence-corrected chi connectivity index (χ1v) is 11.8. The normalized spacial score (nSPS) is 11.7. The molecule has 4 aromatic rings. The number of para-hydroxylation sites is 1. The lowest BCUT2D eigenvalue weighted by Gasteiger charge is -2.11. The van der Waals surface area contributed by atoms with Gasteiger partial charge in [0.15, 0.2) is 0 Å². The van der Waals surface area contributed by atoms with Crippen LogP contribution < -0.4 is 5.43 Å². The van der Waals surface area contributed by atoms with Gasteiger partial charge in [0.25, 0.3) is 5.91 Å². The van der Waals surface area contributed by atoms with Crippen LogP contribution >= 0.6 is 22.9 Å². The molecule has 2 aromatic carbocycles. The van der Waals surface area contributed by atoms with Gasteiger partial charge in [0.1, 0.15) is 0 Å². The van der Waals surface area contributed by atoms with Gasteiger partial charge in [0, 0.05) is 15.8 Å². The van der Waals surface area contributed by atoms with Gasteiger partial charge in [0.2, 0.25) is 0 Å². The second-order valence-electron chi connectivity index (χ2n) is 7.50. The number of rotatable bonds is 6. The first-order chi connectivity index (χ1) is 15.5. The van der Waals surface area contributed by atoms with Gasteiger partial charge in [-0.05, 0) is 49.6 Å². The van der Waals surface area contributed by atoms with E-state index in [4.69, 9.17) is 16.6 Å². The van der Waals surface area contributed by atoms with E-state index in [1.165, 1.54) is 10.4 Å². The summed E-state index contributed by atoms with van der Waals surface area (Å²) in [4.78, 5) is 20.3. The van der Waals surface area contributed by atoms with Crippen molar-refractivity contribution in [2.24, 2.45) is 5.10 Å². The molecular weight excluding hydrogens is 438 g/mol.